The quantitative estimate of drug-likeness (QED) is 0.366. The van der Waals surface area contributed by atoms with Gasteiger partial charge in [0, 0.05) is 7.05 Å². The zero-order chi connectivity index (χ0) is 9.84. The first kappa shape index (κ1) is 9.04. The van der Waals surface area contributed by atoms with E-state index in [4.69, 9.17) is 17.2 Å². The molecule has 0 aliphatic heterocycles. The fraction of sp³-hybridized carbons (Fsp3) is 0.167. The van der Waals surface area contributed by atoms with Crippen LogP contribution in [-0.4, -0.2) is 21.7 Å². The Morgan fingerprint density at radius 3 is 2.62 bits per heavy atom. The Bertz CT molecular complexity index is 344. The molecule has 0 saturated heterocycles. The first-order chi connectivity index (χ1) is 6.08. The summed E-state index contributed by atoms with van der Waals surface area (Å²) in [7, 11) is 1.77. The molecule has 0 atom stereocenters. The van der Waals surface area contributed by atoms with Crippen LogP contribution < -0.4 is 17.2 Å². The van der Waals surface area contributed by atoms with Crippen LogP contribution in [0.15, 0.2) is 22.4 Å². The van der Waals surface area contributed by atoms with Crippen LogP contribution in [0.25, 0.3) is 0 Å². The molecule has 1 aromatic heterocycles. The van der Waals surface area contributed by atoms with Crippen LogP contribution in [0.3, 0.4) is 0 Å². The van der Waals surface area contributed by atoms with E-state index in [0.29, 0.717) is 5.69 Å². The summed E-state index contributed by atoms with van der Waals surface area (Å²) in [5.74, 6) is -0.113. The van der Waals surface area contributed by atoms with Crippen LogP contribution >= 0.6 is 0 Å². The number of rotatable bonds is 1. The molecule has 0 saturated carbocycles. The summed E-state index contributed by atoms with van der Waals surface area (Å²) in [4.78, 5) is 7.43. The van der Waals surface area contributed by atoms with Gasteiger partial charge in [0.1, 0.15) is 5.69 Å². The summed E-state index contributed by atoms with van der Waals surface area (Å²) in [6.07, 6.45) is 3.24. The maximum Gasteiger partial charge on any atom is 0.223 e. The van der Waals surface area contributed by atoms with Gasteiger partial charge in [-0.3, -0.25) is 4.68 Å². The minimum atomic E-state index is -0.120. The van der Waals surface area contributed by atoms with E-state index in [0.717, 1.165) is 0 Å². The molecule has 0 spiro atoms. The maximum absolute atomic E-state index is 5.38. The molecule has 1 rings (SSSR count). The molecule has 0 aromatic carbocycles. The van der Waals surface area contributed by atoms with Crippen molar-refractivity contribution >= 4 is 17.6 Å². The fourth-order valence-corrected chi connectivity index (χ4v) is 0.756. The van der Waals surface area contributed by atoms with E-state index in [1.54, 1.807) is 24.1 Å². The van der Waals surface area contributed by atoms with E-state index in [9.17, 15) is 0 Å². The minimum absolute atomic E-state index is 0.00741. The molecular weight excluding hydrogens is 170 g/mol. The third-order valence-corrected chi connectivity index (χ3v) is 1.18. The predicted molar refractivity (Wildman–Crippen MR) is 50.3 cm³/mol. The van der Waals surface area contributed by atoms with Gasteiger partial charge in [-0.05, 0) is 0 Å². The van der Waals surface area contributed by atoms with Crippen molar-refractivity contribution < 1.29 is 0 Å². The van der Waals surface area contributed by atoms with Crippen molar-refractivity contribution in [3.05, 3.63) is 12.4 Å². The number of aromatic nitrogens is 2. The topological polar surface area (TPSA) is 121 Å². The molecule has 6 N–H and O–H groups in total. The minimum Gasteiger partial charge on any atom is -0.370 e. The predicted octanol–water partition coefficient (Wildman–Crippen LogP) is -1.36. The molecule has 7 heteroatoms. The Labute approximate surface area is 74.9 Å². The summed E-state index contributed by atoms with van der Waals surface area (Å²) in [6, 6.07) is 0. The van der Waals surface area contributed by atoms with E-state index in [2.05, 4.69) is 15.1 Å². The molecule has 1 aromatic rings. The number of hydrogen-bond acceptors (Lipinski definition) is 2. The first-order valence-electron chi connectivity index (χ1n) is 3.50. The van der Waals surface area contributed by atoms with Crippen LogP contribution in [0.5, 0.6) is 0 Å². The van der Waals surface area contributed by atoms with Gasteiger partial charge in [-0.25, -0.2) is 4.99 Å². The first-order valence-corrected chi connectivity index (χ1v) is 3.50. The summed E-state index contributed by atoms with van der Waals surface area (Å²) < 4.78 is 1.60. The van der Waals surface area contributed by atoms with Gasteiger partial charge in [0.25, 0.3) is 0 Å². The largest absolute Gasteiger partial charge is 0.370 e. The Morgan fingerprint density at radius 1 is 1.46 bits per heavy atom. The smallest absolute Gasteiger partial charge is 0.223 e. The van der Waals surface area contributed by atoms with Gasteiger partial charge in [0.05, 0.1) is 12.4 Å². The maximum atomic E-state index is 5.38. The molecule has 0 fully saturated rings. The van der Waals surface area contributed by atoms with E-state index in [-0.39, 0.29) is 11.9 Å². The molecule has 13 heavy (non-hydrogen) atoms. The molecule has 0 aliphatic carbocycles. The second-order valence-corrected chi connectivity index (χ2v) is 2.38. The Morgan fingerprint density at radius 2 is 2.15 bits per heavy atom. The molecule has 0 unspecified atom stereocenters. The highest BCUT2D eigenvalue weighted by atomic mass is 15.3. The molecule has 1 heterocycles. The van der Waals surface area contributed by atoms with Gasteiger partial charge >= 0.3 is 0 Å². The average Bonchev–Trinajstić information content (AvgIpc) is 2.33. The normalized spacial score (nSPS) is 11.3. The number of nitrogens with zero attached hydrogens (tertiary/aromatic N) is 4. The van der Waals surface area contributed by atoms with Crippen molar-refractivity contribution in [3.8, 4) is 0 Å². The standard InChI is InChI=1S/C6H11N7/c1-13-3-4(2-10-13)11-6(9)12-5(7)8/h2-3H,1H3,(H6,7,8,9,11,12). The van der Waals surface area contributed by atoms with Gasteiger partial charge < -0.3 is 17.2 Å². The second kappa shape index (κ2) is 3.57. The lowest BCUT2D eigenvalue weighted by Crippen LogP contribution is -2.26. The number of nitrogens with two attached hydrogens (primary N) is 3. The third-order valence-electron chi connectivity index (χ3n) is 1.18. The van der Waals surface area contributed by atoms with E-state index in [1.165, 1.54) is 0 Å². The Hall–Kier alpha value is -2.05. The lowest BCUT2D eigenvalue weighted by molar-refractivity contribution is 0.768. The van der Waals surface area contributed by atoms with Crippen LogP contribution in [-0.2, 0) is 7.05 Å². The van der Waals surface area contributed by atoms with E-state index >= 15 is 0 Å². The highest BCUT2D eigenvalue weighted by Crippen LogP contribution is 2.07. The third kappa shape index (κ3) is 2.81. The lowest BCUT2D eigenvalue weighted by atomic mass is 10.6. The van der Waals surface area contributed by atoms with Crippen LogP contribution in [0, 0.1) is 0 Å². The molecule has 0 radical (unpaired) electrons. The fourth-order valence-electron chi connectivity index (χ4n) is 0.756. The summed E-state index contributed by atoms with van der Waals surface area (Å²) in [5.41, 5.74) is 16.2. The van der Waals surface area contributed by atoms with Crippen LogP contribution in [0.1, 0.15) is 0 Å². The van der Waals surface area contributed by atoms with Crippen LogP contribution in [0.4, 0.5) is 5.69 Å². The van der Waals surface area contributed by atoms with Gasteiger partial charge in [-0.2, -0.15) is 10.1 Å². The molecular formula is C6H11N7. The SMILES string of the molecule is Cn1cc(N=C(N)N=C(N)N)cn1. The second-order valence-electron chi connectivity index (χ2n) is 2.38. The molecule has 70 valence electrons. The van der Waals surface area contributed by atoms with E-state index < -0.39 is 0 Å². The number of aryl methyl sites for hydroxylation is 1. The molecule has 0 bridgehead atoms. The van der Waals surface area contributed by atoms with Gasteiger partial charge in [0.2, 0.25) is 5.96 Å². The molecule has 0 amide bonds. The van der Waals surface area contributed by atoms with Gasteiger partial charge in [-0.15, -0.1) is 0 Å². The van der Waals surface area contributed by atoms with Crippen molar-refractivity contribution in [1.29, 1.82) is 0 Å². The van der Waals surface area contributed by atoms with Gasteiger partial charge in [-0.1, -0.05) is 0 Å². The zero-order valence-electron chi connectivity index (χ0n) is 7.18. The van der Waals surface area contributed by atoms with E-state index in [1.807, 2.05) is 0 Å². The highest BCUT2D eigenvalue weighted by Gasteiger charge is 1.94. The van der Waals surface area contributed by atoms with Crippen molar-refractivity contribution in [2.24, 2.45) is 34.2 Å². The Balaban J connectivity index is 2.82. The summed E-state index contributed by atoms with van der Waals surface area (Å²) >= 11 is 0. The van der Waals surface area contributed by atoms with Crippen molar-refractivity contribution in [1.82, 2.24) is 9.78 Å². The van der Waals surface area contributed by atoms with Crippen molar-refractivity contribution in [3.63, 3.8) is 0 Å². The molecule has 7 nitrogen and oxygen atoms in total. The number of hydrogen-bond donors (Lipinski definition) is 3. The average molecular weight is 181 g/mol. The van der Waals surface area contributed by atoms with Crippen molar-refractivity contribution in [2.75, 3.05) is 0 Å². The lowest BCUT2D eigenvalue weighted by Gasteiger charge is -1.91. The molecule has 0 aliphatic rings. The number of aliphatic imine (C=N–C) groups is 2. The van der Waals surface area contributed by atoms with Gasteiger partial charge in [0.15, 0.2) is 5.96 Å². The zero-order valence-corrected chi connectivity index (χ0v) is 7.18. The number of guanidine groups is 2. The highest BCUT2D eigenvalue weighted by molar-refractivity contribution is 5.93. The summed E-state index contributed by atoms with van der Waals surface area (Å²) in [6.45, 7) is 0. The monoisotopic (exact) mass is 181 g/mol. The van der Waals surface area contributed by atoms with Crippen molar-refractivity contribution in [2.45, 2.75) is 0 Å². The Kier molecular flexibility index (Phi) is 2.48. The van der Waals surface area contributed by atoms with Crippen LogP contribution in [0.2, 0.25) is 0 Å². The summed E-state index contributed by atoms with van der Waals surface area (Å²) in [5, 5.41) is 3.89.